The van der Waals surface area contributed by atoms with Crippen LogP contribution in [0.2, 0.25) is 0 Å². The molecule has 0 spiro atoms. The Labute approximate surface area is 189 Å². The van der Waals surface area contributed by atoms with E-state index in [4.69, 9.17) is 9.15 Å². The first kappa shape index (κ1) is 22.0. The lowest BCUT2D eigenvalue weighted by Crippen LogP contribution is -2.21. The molecule has 0 atom stereocenters. The molecule has 0 radical (unpaired) electrons. The standard InChI is InChI=1S/C26H27N2O3P/c1-16(29)30-23-12-9-19(32(5)6)15-22(23)26-20-10-7-17(27-2)13-24(20)31-25-14-18(28(3)4)8-11-21(25)26/h7-15H,1-6H3/p+1. The Morgan fingerprint density at radius 2 is 1.78 bits per heavy atom. The molecule has 0 unspecified atom stereocenters. The molecule has 164 valence electrons. The van der Waals surface area contributed by atoms with E-state index in [9.17, 15) is 4.79 Å². The van der Waals surface area contributed by atoms with Crippen LogP contribution in [0.4, 0.5) is 5.69 Å². The van der Waals surface area contributed by atoms with Crippen LogP contribution in [0, 0.1) is 0 Å². The number of carbonyl (C=O) groups excluding carboxylic acids is 1. The summed E-state index contributed by atoms with van der Waals surface area (Å²) in [4.78, 5) is 11.9. The van der Waals surface area contributed by atoms with Crippen LogP contribution in [-0.2, 0) is 4.79 Å². The van der Waals surface area contributed by atoms with E-state index in [0.29, 0.717) is 5.75 Å². The number of rotatable bonds is 4. The van der Waals surface area contributed by atoms with E-state index < -0.39 is 0 Å². The predicted molar refractivity (Wildman–Crippen MR) is 135 cm³/mol. The van der Waals surface area contributed by atoms with Crippen molar-refractivity contribution in [3.63, 3.8) is 0 Å². The van der Waals surface area contributed by atoms with Crippen molar-refractivity contribution < 1.29 is 13.9 Å². The van der Waals surface area contributed by atoms with Gasteiger partial charge in [-0.15, -0.1) is 0 Å². The lowest BCUT2D eigenvalue weighted by Gasteiger charge is -2.19. The number of ether oxygens (including phenoxy) is 1. The highest BCUT2D eigenvalue weighted by Gasteiger charge is 2.22. The number of benzene rings is 3. The second-order valence-corrected chi connectivity index (χ2v) is 10.5. The summed E-state index contributed by atoms with van der Waals surface area (Å²) in [6.45, 7) is 5.88. The molecule has 1 N–H and O–H groups in total. The van der Waals surface area contributed by atoms with Gasteiger partial charge >= 0.3 is 5.97 Å². The van der Waals surface area contributed by atoms with Crippen molar-refractivity contribution in [2.45, 2.75) is 6.92 Å². The molecule has 0 fully saturated rings. The molecule has 1 aliphatic carbocycles. The Hall–Kier alpha value is -3.17. The van der Waals surface area contributed by atoms with Crippen molar-refractivity contribution in [1.29, 1.82) is 0 Å². The van der Waals surface area contributed by atoms with Gasteiger partial charge in [0.1, 0.15) is 31.2 Å². The van der Waals surface area contributed by atoms with Gasteiger partial charge in [0.2, 0.25) is 5.36 Å². The highest BCUT2D eigenvalue weighted by atomic mass is 31.1. The number of esters is 1. The van der Waals surface area contributed by atoms with Crippen LogP contribution in [0.5, 0.6) is 5.75 Å². The van der Waals surface area contributed by atoms with Crippen LogP contribution in [0.1, 0.15) is 6.92 Å². The third-order valence-corrected chi connectivity index (χ3v) is 6.82. The monoisotopic (exact) mass is 447 g/mol. The molecule has 2 aromatic rings. The predicted octanol–water partition coefficient (Wildman–Crippen LogP) is 4.57. The average molecular weight is 447 g/mol. The maximum Gasteiger partial charge on any atom is 0.308 e. The molecule has 0 amide bonds. The summed E-state index contributed by atoms with van der Waals surface area (Å²) in [6.07, 6.45) is 0. The second kappa shape index (κ2) is 8.76. The average Bonchev–Trinajstić information content (AvgIpc) is 2.76. The minimum Gasteiger partial charge on any atom is -0.456 e. The normalized spacial score (nSPS) is 11.2. The van der Waals surface area contributed by atoms with Gasteiger partial charge in [-0.1, -0.05) is 14.0 Å². The van der Waals surface area contributed by atoms with Gasteiger partial charge in [-0.25, -0.2) is 4.58 Å². The topological polar surface area (TPSA) is 54.5 Å². The van der Waals surface area contributed by atoms with E-state index in [1.54, 1.807) is 0 Å². The van der Waals surface area contributed by atoms with E-state index in [2.05, 4.69) is 53.6 Å². The van der Waals surface area contributed by atoms with Crippen molar-refractivity contribution in [1.82, 2.24) is 4.58 Å². The number of nitrogens with one attached hydrogen (secondary N) is 1. The maximum absolute atomic E-state index is 11.9. The minimum absolute atomic E-state index is 0.323. The SMILES string of the molecule is CNc1ccc2c(-c3cc(P(C)C)ccc3OC(C)=O)c3ccc(=[N+](C)C)cc-3oc2c1. The van der Waals surface area contributed by atoms with Crippen molar-refractivity contribution in [3.05, 3.63) is 60.0 Å². The van der Waals surface area contributed by atoms with Crippen molar-refractivity contribution in [3.8, 4) is 28.2 Å². The van der Waals surface area contributed by atoms with Crippen molar-refractivity contribution in [2.75, 3.05) is 39.8 Å². The Bertz CT molecular complexity index is 1370. The lowest BCUT2D eigenvalue weighted by molar-refractivity contribution is -0.131. The summed E-state index contributed by atoms with van der Waals surface area (Å²) in [7, 11) is 5.58. The van der Waals surface area contributed by atoms with Gasteiger partial charge in [0.25, 0.3) is 0 Å². The first-order valence-corrected chi connectivity index (χ1v) is 12.7. The van der Waals surface area contributed by atoms with Crippen LogP contribution in [0.3, 0.4) is 0 Å². The van der Waals surface area contributed by atoms with Crippen LogP contribution in [0.25, 0.3) is 33.4 Å². The fourth-order valence-electron chi connectivity index (χ4n) is 3.84. The molecule has 5 nitrogen and oxygen atoms in total. The Kier molecular flexibility index (Phi) is 6.03. The molecule has 6 heteroatoms. The Morgan fingerprint density at radius 3 is 2.44 bits per heavy atom. The van der Waals surface area contributed by atoms with Crippen molar-refractivity contribution >= 4 is 35.9 Å². The zero-order valence-electron chi connectivity index (χ0n) is 19.3. The number of carbonyl (C=O) groups is 1. The maximum atomic E-state index is 11.9. The van der Waals surface area contributed by atoms with Crippen LogP contribution < -0.4 is 25.3 Å². The van der Waals surface area contributed by atoms with Gasteiger partial charge in [-0.05, 0) is 49.0 Å². The van der Waals surface area contributed by atoms with Crippen LogP contribution >= 0.6 is 7.92 Å². The highest BCUT2D eigenvalue weighted by molar-refractivity contribution is 7.64. The molecule has 2 aliphatic rings. The van der Waals surface area contributed by atoms with Gasteiger partial charge in [-0.2, -0.15) is 0 Å². The fourth-order valence-corrected chi connectivity index (χ4v) is 4.60. The zero-order chi connectivity index (χ0) is 23.0. The van der Waals surface area contributed by atoms with E-state index in [-0.39, 0.29) is 13.9 Å². The molecule has 0 bridgehead atoms. The molecule has 0 aromatic heterocycles. The van der Waals surface area contributed by atoms with Crippen LogP contribution in [0.15, 0.2) is 59.0 Å². The summed E-state index contributed by atoms with van der Waals surface area (Å²) in [5.41, 5.74) is 4.61. The minimum atomic E-state index is -0.337. The van der Waals surface area contributed by atoms with E-state index in [1.165, 1.54) is 12.2 Å². The van der Waals surface area contributed by atoms with Crippen molar-refractivity contribution in [2.24, 2.45) is 0 Å². The first-order valence-electron chi connectivity index (χ1n) is 10.5. The third kappa shape index (κ3) is 4.13. The molecule has 1 aliphatic heterocycles. The lowest BCUT2D eigenvalue weighted by atomic mass is 9.93. The number of anilines is 1. The summed E-state index contributed by atoms with van der Waals surface area (Å²) >= 11 is 0. The molecular formula is C26H28N2O3P+. The summed E-state index contributed by atoms with van der Waals surface area (Å²) in [5, 5.41) is 6.44. The molecular weight excluding hydrogens is 419 g/mol. The molecule has 32 heavy (non-hydrogen) atoms. The third-order valence-electron chi connectivity index (χ3n) is 5.51. The van der Waals surface area contributed by atoms with E-state index in [0.717, 1.165) is 44.5 Å². The Morgan fingerprint density at radius 1 is 1.00 bits per heavy atom. The number of nitrogens with zero attached hydrogens (tertiary/aromatic N) is 1. The molecule has 1 heterocycles. The molecule has 4 rings (SSSR count). The Balaban J connectivity index is 2.16. The molecule has 2 aromatic carbocycles. The number of hydrogen-bond donors (Lipinski definition) is 1. The van der Waals surface area contributed by atoms with Gasteiger partial charge in [0.05, 0.1) is 6.07 Å². The van der Waals surface area contributed by atoms with E-state index >= 15 is 0 Å². The van der Waals surface area contributed by atoms with Gasteiger partial charge in [0.15, 0.2) is 0 Å². The molecule has 0 saturated carbocycles. The van der Waals surface area contributed by atoms with Gasteiger partial charge < -0.3 is 14.5 Å². The number of fused-ring (bicyclic) bond motifs is 2. The van der Waals surface area contributed by atoms with Gasteiger partial charge in [0, 0.05) is 53.9 Å². The largest absolute Gasteiger partial charge is 0.456 e. The second-order valence-electron chi connectivity index (χ2n) is 8.18. The quantitative estimate of drug-likeness (QED) is 0.164. The van der Waals surface area contributed by atoms with E-state index in [1.807, 2.05) is 45.4 Å². The zero-order valence-corrected chi connectivity index (χ0v) is 20.2. The first-order chi connectivity index (χ1) is 15.3. The highest BCUT2D eigenvalue weighted by Crippen LogP contribution is 2.44. The summed E-state index contributed by atoms with van der Waals surface area (Å²) < 4.78 is 14.1. The number of hydrogen-bond acceptors (Lipinski definition) is 4. The smallest absolute Gasteiger partial charge is 0.308 e. The van der Waals surface area contributed by atoms with Gasteiger partial charge in [-0.3, -0.25) is 4.79 Å². The summed E-state index contributed by atoms with van der Waals surface area (Å²) in [6, 6.07) is 18.4. The fraction of sp³-hybridized carbons (Fsp3) is 0.231. The van der Waals surface area contributed by atoms with Crippen LogP contribution in [-0.4, -0.2) is 40.4 Å². The summed E-state index contributed by atoms with van der Waals surface area (Å²) in [5.74, 6) is 0.999. The molecule has 0 saturated heterocycles.